The summed E-state index contributed by atoms with van der Waals surface area (Å²) in [6, 6.07) is 2.24. The van der Waals surface area contributed by atoms with Crippen LogP contribution in [0.15, 0.2) is 10.9 Å². The predicted molar refractivity (Wildman–Crippen MR) is 74.9 cm³/mol. The van der Waals surface area contributed by atoms with E-state index < -0.39 is 0 Å². The Balaban J connectivity index is 2.28. The van der Waals surface area contributed by atoms with Gasteiger partial charge in [0.25, 0.3) is 0 Å². The van der Waals surface area contributed by atoms with Crippen LogP contribution in [-0.2, 0) is 19.4 Å². The smallest absolute Gasteiger partial charge is 0.167 e. The molecule has 0 spiro atoms. The maximum absolute atomic E-state index is 9.34. The summed E-state index contributed by atoms with van der Waals surface area (Å²) in [4.78, 5) is 4.19. The summed E-state index contributed by atoms with van der Waals surface area (Å²) in [5, 5.41) is 22.8. The number of hydrogen-bond acceptors (Lipinski definition) is 6. The minimum atomic E-state index is 0.546. The summed E-state index contributed by atoms with van der Waals surface area (Å²) in [7, 11) is 0. The second kappa shape index (κ2) is 6.25. The molecule has 0 aliphatic heterocycles. The van der Waals surface area contributed by atoms with Gasteiger partial charge in [0.05, 0.1) is 23.4 Å². The number of nitrogens with zero attached hydrogens (tertiary/aromatic N) is 4. The maximum atomic E-state index is 9.34. The number of anilines is 1. The molecule has 2 rings (SSSR count). The van der Waals surface area contributed by atoms with Crippen molar-refractivity contribution in [2.24, 2.45) is 0 Å². The third-order valence-corrected chi connectivity index (χ3v) is 3.51. The Morgan fingerprint density at radius 2 is 2.16 bits per heavy atom. The van der Waals surface area contributed by atoms with Crippen LogP contribution >= 0.6 is 11.3 Å². The number of aryl methyl sites for hydroxylation is 1. The van der Waals surface area contributed by atoms with Crippen LogP contribution in [0.25, 0.3) is 0 Å². The number of rotatable bonds is 5. The Labute approximate surface area is 116 Å². The van der Waals surface area contributed by atoms with Crippen LogP contribution in [0.3, 0.4) is 0 Å². The van der Waals surface area contributed by atoms with Gasteiger partial charge in [-0.2, -0.15) is 10.4 Å². The van der Waals surface area contributed by atoms with E-state index in [2.05, 4.69) is 26.6 Å². The minimum Gasteiger partial charge on any atom is -0.362 e. The molecule has 0 amide bonds. The van der Waals surface area contributed by atoms with Crippen molar-refractivity contribution >= 4 is 17.2 Å². The third kappa shape index (κ3) is 2.88. The molecule has 0 aliphatic carbocycles. The first kappa shape index (κ1) is 13.4. The normalized spacial score (nSPS) is 10.2. The minimum absolute atomic E-state index is 0.546. The van der Waals surface area contributed by atoms with Gasteiger partial charge >= 0.3 is 0 Å². The molecule has 6 heteroatoms. The largest absolute Gasteiger partial charge is 0.362 e. The third-order valence-electron chi connectivity index (χ3n) is 2.88. The average molecular weight is 273 g/mol. The molecule has 5 nitrogen and oxygen atoms in total. The molecule has 0 atom stereocenters. The van der Waals surface area contributed by atoms with Crippen molar-refractivity contribution < 1.29 is 0 Å². The van der Waals surface area contributed by atoms with E-state index in [9.17, 15) is 5.26 Å². The Hall–Kier alpha value is -2.00. The van der Waals surface area contributed by atoms with E-state index in [4.69, 9.17) is 0 Å². The van der Waals surface area contributed by atoms with Gasteiger partial charge < -0.3 is 5.32 Å². The molecule has 2 heterocycles. The second-order valence-corrected chi connectivity index (χ2v) is 4.72. The molecule has 2 aromatic rings. The summed E-state index contributed by atoms with van der Waals surface area (Å²) in [5.74, 6) is 0.546. The zero-order chi connectivity index (χ0) is 13.7. The Bertz CT molecular complexity index is 586. The highest BCUT2D eigenvalue weighted by Gasteiger charge is 2.14. The van der Waals surface area contributed by atoms with Crippen LogP contribution in [-0.4, -0.2) is 15.2 Å². The molecule has 0 aliphatic rings. The van der Waals surface area contributed by atoms with Crippen molar-refractivity contribution in [3.63, 3.8) is 0 Å². The van der Waals surface area contributed by atoms with Gasteiger partial charge in [0, 0.05) is 5.38 Å². The first-order valence-corrected chi connectivity index (χ1v) is 7.13. The van der Waals surface area contributed by atoms with Gasteiger partial charge in [0.1, 0.15) is 11.6 Å². The Morgan fingerprint density at radius 3 is 2.74 bits per heavy atom. The molecule has 0 aromatic carbocycles. The highest BCUT2D eigenvalue weighted by molar-refractivity contribution is 7.07. The second-order valence-electron chi connectivity index (χ2n) is 4.00. The number of nitrogens with one attached hydrogen (secondary N) is 1. The molecular weight excluding hydrogens is 258 g/mol. The molecule has 2 aromatic heterocycles. The number of nitriles is 1. The molecule has 1 N–H and O–H groups in total. The molecule has 19 heavy (non-hydrogen) atoms. The lowest BCUT2D eigenvalue weighted by Gasteiger charge is -2.11. The molecule has 98 valence electrons. The van der Waals surface area contributed by atoms with Gasteiger partial charge in [-0.15, -0.1) is 16.4 Å². The van der Waals surface area contributed by atoms with Gasteiger partial charge in [-0.25, -0.2) is 4.98 Å². The van der Waals surface area contributed by atoms with Gasteiger partial charge in [-0.3, -0.25) is 0 Å². The Morgan fingerprint density at radius 1 is 1.32 bits per heavy atom. The summed E-state index contributed by atoms with van der Waals surface area (Å²) >= 11 is 1.55. The standard InChI is InChI=1S/C13H15N5S/c1-3-10-11(5-14)13(18-17-12(10)4-2)15-6-9-7-19-8-16-9/h7-8H,3-4,6H2,1-2H3,(H,15,18). The fourth-order valence-corrected chi connectivity index (χ4v) is 2.47. The van der Waals surface area contributed by atoms with Crippen LogP contribution in [0.1, 0.15) is 36.4 Å². The van der Waals surface area contributed by atoms with E-state index in [1.165, 1.54) is 0 Å². The predicted octanol–water partition coefficient (Wildman–Crippen LogP) is 2.54. The SMILES string of the molecule is CCc1nnc(NCc2cscn2)c(C#N)c1CC. The van der Waals surface area contributed by atoms with E-state index in [-0.39, 0.29) is 0 Å². The molecule has 0 radical (unpaired) electrons. The molecule has 0 saturated heterocycles. The van der Waals surface area contributed by atoms with Crippen LogP contribution < -0.4 is 5.32 Å². The first-order valence-electron chi connectivity index (χ1n) is 6.19. The molecule has 0 saturated carbocycles. The monoisotopic (exact) mass is 273 g/mol. The summed E-state index contributed by atoms with van der Waals surface area (Å²) in [6.45, 7) is 4.61. The van der Waals surface area contributed by atoms with Crippen LogP contribution in [0.5, 0.6) is 0 Å². The zero-order valence-electron chi connectivity index (χ0n) is 11.0. The Kier molecular flexibility index (Phi) is 4.42. The maximum Gasteiger partial charge on any atom is 0.167 e. The van der Waals surface area contributed by atoms with E-state index >= 15 is 0 Å². The van der Waals surface area contributed by atoms with Crippen molar-refractivity contribution in [2.45, 2.75) is 33.2 Å². The van der Waals surface area contributed by atoms with Gasteiger partial charge in [-0.05, 0) is 18.4 Å². The van der Waals surface area contributed by atoms with E-state index in [0.717, 1.165) is 29.8 Å². The molecule has 0 fully saturated rings. The lowest BCUT2D eigenvalue weighted by molar-refractivity contribution is 0.867. The fraction of sp³-hybridized carbons (Fsp3) is 0.385. The van der Waals surface area contributed by atoms with Crippen molar-refractivity contribution in [1.82, 2.24) is 15.2 Å². The van der Waals surface area contributed by atoms with E-state index in [1.54, 1.807) is 16.8 Å². The van der Waals surface area contributed by atoms with Gasteiger partial charge in [0.2, 0.25) is 0 Å². The topological polar surface area (TPSA) is 74.5 Å². The van der Waals surface area contributed by atoms with E-state index in [1.807, 2.05) is 19.2 Å². The van der Waals surface area contributed by atoms with Gasteiger partial charge in [-0.1, -0.05) is 13.8 Å². The average Bonchev–Trinajstić information content (AvgIpc) is 2.96. The first-order chi connectivity index (χ1) is 9.30. The summed E-state index contributed by atoms with van der Waals surface area (Å²) in [5.41, 5.74) is 5.21. The molecule has 0 unspecified atom stereocenters. The quantitative estimate of drug-likeness (QED) is 0.906. The number of aromatic nitrogens is 3. The molecular formula is C13H15N5S. The highest BCUT2D eigenvalue weighted by atomic mass is 32.1. The van der Waals surface area contributed by atoms with Crippen molar-refractivity contribution in [3.05, 3.63) is 33.4 Å². The highest BCUT2D eigenvalue weighted by Crippen LogP contribution is 2.20. The van der Waals surface area contributed by atoms with Gasteiger partial charge in [0.15, 0.2) is 5.82 Å². The zero-order valence-corrected chi connectivity index (χ0v) is 11.8. The number of thiazole rings is 1. The van der Waals surface area contributed by atoms with Crippen LogP contribution in [0.4, 0.5) is 5.82 Å². The van der Waals surface area contributed by atoms with E-state index in [0.29, 0.717) is 17.9 Å². The lowest BCUT2D eigenvalue weighted by atomic mass is 10.0. The van der Waals surface area contributed by atoms with Crippen LogP contribution in [0, 0.1) is 11.3 Å². The molecule has 0 bridgehead atoms. The van der Waals surface area contributed by atoms with Crippen molar-refractivity contribution in [3.8, 4) is 6.07 Å². The fourth-order valence-electron chi connectivity index (χ4n) is 1.92. The van der Waals surface area contributed by atoms with Crippen molar-refractivity contribution in [2.75, 3.05) is 5.32 Å². The summed E-state index contributed by atoms with van der Waals surface area (Å²) in [6.07, 6.45) is 1.57. The van der Waals surface area contributed by atoms with Crippen molar-refractivity contribution in [1.29, 1.82) is 5.26 Å². The van der Waals surface area contributed by atoms with Crippen LogP contribution in [0.2, 0.25) is 0 Å². The number of hydrogen-bond donors (Lipinski definition) is 1. The lowest BCUT2D eigenvalue weighted by Crippen LogP contribution is -2.10. The summed E-state index contributed by atoms with van der Waals surface area (Å²) < 4.78 is 0.